The van der Waals surface area contributed by atoms with Gasteiger partial charge in [-0.1, -0.05) is 30.3 Å². The molecule has 1 aromatic heterocycles. The first-order chi connectivity index (χ1) is 13.9. The van der Waals surface area contributed by atoms with E-state index in [0.717, 1.165) is 11.8 Å². The normalized spacial score (nSPS) is 20.8. The number of alkyl halides is 3. The molecule has 2 amide bonds. The fourth-order valence-electron chi connectivity index (χ4n) is 3.95. The molecule has 2 aromatic rings. The number of nitrogens with zero attached hydrogens (tertiary/aromatic N) is 3. The van der Waals surface area contributed by atoms with Crippen molar-refractivity contribution in [3.8, 4) is 0 Å². The monoisotopic (exact) mass is 408 g/mol. The van der Waals surface area contributed by atoms with Crippen molar-refractivity contribution in [2.24, 2.45) is 0 Å². The summed E-state index contributed by atoms with van der Waals surface area (Å²) in [5, 5.41) is 5.23. The lowest BCUT2D eigenvalue weighted by molar-refractivity contribution is -0.141. The second kappa shape index (κ2) is 7.41. The minimum atomic E-state index is -4.68. The Morgan fingerprint density at radius 3 is 2.52 bits per heavy atom. The third-order valence-corrected chi connectivity index (χ3v) is 5.39. The highest BCUT2D eigenvalue weighted by molar-refractivity contribution is 5.95. The Bertz CT molecular complexity index is 892. The second-order valence-corrected chi connectivity index (χ2v) is 7.09. The molecule has 0 bridgehead atoms. The van der Waals surface area contributed by atoms with Gasteiger partial charge in [0.1, 0.15) is 6.61 Å². The van der Waals surface area contributed by atoms with Crippen LogP contribution in [-0.4, -0.2) is 57.7 Å². The Morgan fingerprint density at radius 2 is 1.86 bits per heavy atom. The first-order valence-electron chi connectivity index (χ1n) is 9.26. The van der Waals surface area contributed by atoms with E-state index in [1.54, 1.807) is 4.90 Å². The summed E-state index contributed by atoms with van der Waals surface area (Å²) in [5.74, 6) is -0.715. The highest BCUT2D eigenvalue weighted by Crippen LogP contribution is 2.34. The number of likely N-dealkylation sites (tertiary alicyclic amines) is 1. The number of halogens is 3. The van der Waals surface area contributed by atoms with Crippen molar-refractivity contribution in [2.45, 2.75) is 31.1 Å². The van der Waals surface area contributed by atoms with E-state index in [-0.39, 0.29) is 31.8 Å². The summed E-state index contributed by atoms with van der Waals surface area (Å²) in [6.07, 6.45) is -3.26. The molecule has 0 radical (unpaired) electrons. The molecule has 2 aliphatic heterocycles. The van der Waals surface area contributed by atoms with Crippen molar-refractivity contribution in [3.63, 3.8) is 0 Å². The lowest BCUT2D eigenvalue weighted by Gasteiger charge is -2.38. The molecule has 29 heavy (non-hydrogen) atoms. The number of piperidine rings is 1. The maximum atomic E-state index is 13.0. The Kier molecular flexibility index (Phi) is 4.93. The lowest BCUT2D eigenvalue weighted by atomic mass is 9.98. The fraction of sp³-hybridized carbons (Fsp3) is 0.421. The molecule has 1 unspecified atom stereocenters. The van der Waals surface area contributed by atoms with Gasteiger partial charge in [-0.2, -0.15) is 18.3 Å². The van der Waals surface area contributed by atoms with Gasteiger partial charge in [-0.05, 0) is 18.4 Å². The molecule has 10 heteroatoms. The molecule has 3 heterocycles. The van der Waals surface area contributed by atoms with E-state index in [1.165, 1.54) is 4.90 Å². The van der Waals surface area contributed by atoms with Gasteiger partial charge in [0.05, 0.1) is 17.8 Å². The van der Waals surface area contributed by atoms with Crippen LogP contribution < -0.4 is 0 Å². The maximum absolute atomic E-state index is 13.0. The number of nitrogens with one attached hydrogen (secondary N) is 1. The topological polar surface area (TPSA) is 78.5 Å². The van der Waals surface area contributed by atoms with E-state index in [9.17, 15) is 22.8 Å². The average molecular weight is 408 g/mol. The van der Waals surface area contributed by atoms with Crippen LogP contribution in [0.15, 0.2) is 36.5 Å². The quantitative estimate of drug-likeness (QED) is 0.846. The zero-order chi connectivity index (χ0) is 20.6. The number of benzene rings is 1. The van der Waals surface area contributed by atoms with Crippen LogP contribution in [0.5, 0.6) is 0 Å². The van der Waals surface area contributed by atoms with Crippen molar-refractivity contribution in [3.05, 3.63) is 53.3 Å². The first kappa shape index (κ1) is 19.3. The number of rotatable bonds is 3. The third kappa shape index (κ3) is 3.66. The standard InChI is InChI=1S/C19H19F3N4O3/c20-19(21,22)16-14(10-23-24-16)17(27)25-8-6-13(7-9-25)26-15(11-29-18(26)28)12-4-2-1-3-5-12/h1-5,10,13,15H,6-9,11H2,(H,23,24). The summed E-state index contributed by atoms with van der Waals surface area (Å²) in [6.45, 7) is 0.750. The Hall–Kier alpha value is -3.04. The van der Waals surface area contributed by atoms with Gasteiger partial charge >= 0.3 is 12.3 Å². The van der Waals surface area contributed by atoms with Crippen molar-refractivity contribution in [1.29, 1.82) is 0 Å². The van der Waals surface area contributed by atoms with Gasteiger partial charge in [-0.25, -0.2) is 4.79 Å². The van der Waals surface area contributed by atoms with E-state index < -0.39 is 29.4 Å². The molecule has 4 rings (SSSR count). The number of ether oxygens (including phenoxy) is 1. The number of carbonyl (C=O) groups excluding carboxylic acids is 2. The summed E-state index contributed by atoms with van der Waals surface area (Å²) in [6, 6.07) is 9.17. The number of hydrogen-bond acceptors (Lipinski definition) is 4. The van der Waals surface area contributed by atoms with Crippen molar-refractivity contribution in [2.75, 3.05) is 19.7 Å². The van der Waals surface area contributed by atoms with Gasteiger partial charge in [-0.3, -0.25) is 14.8 Å². The van der Waals surface area contributed by atoms with Crippen LogP contribution in [0.2, 0.25) is 0 Å². The summed E-state index contributed by atoms with van der Waals surface area (Å²) >= 11 is 0. The molecule has 1 atom stereocenters. The molecule has 0 spiro atoms. The summed E-state index contributed by atoms with van der Waals surface area (Å²) in [5.41, 5.74) is -0.666. The highest BCUT2D eigenvalue weighted by atomic mass is 19.4. The van der Waals surface area contributed by atoms with Gasteiger partial charge in [-0.15, -0.1) is 0 Å². The van der Waals surface area contributed by atoms with Gasteiger partial charge in [0.15, 0.2) is 5.69 Å². The van der Waals surface area contributed by atoms with Crippen molar-refractivity contribution < 1.29 is 27.5 Å². The molecule has 154 valence electrons. The Morgan fingerprint density at radius 1 is 1.17 bits per heavy atom. The molecule has 2 fully saturated rings. The first-order valence-corrected chi connectivity index (χ1v) is 9.26. The smallest absolute Gasteiger partial charge is 0.433 e. The maximum Gasteiger partial charge on any atom is 0.433 e. The number of amides is 2. The zero-order valence-electron chi connectivity index (χ0n) is 15.4. The van der Waals surface area contributed by atoms with Crippen LogP contribution in [0.3, 0.4) is 0 Å². The Balaban J connectivity index is 1.45. The van der Waals surface area contributed by atoms with Gasteiger partial charge in [0.2, 0.25) is 0 Å². The zero-order valence-corrected chi connectivity index (χ0v) is 15.4. The fourth-order valence-corrected chi connectivity index (χ4v) is 3.95. The van der Waals surface area contributed by atoms with E-state index in [4.69, 9.17) is 4.74 Å². The molecule has 0 aliphatic carbocycles. The summed E-state index contributed by atoms with van der Waals surface area (Å²) < 4.78 is 44.3. The number of aromatic nitrogens is 2. The largest absolute Gasteiger partial charge is 0.447 e. The lowest BCUT2D eigenvalue weighted by Crippen LogP contribution is -2.48. The highest BCUT2D eigenvalue weighted by Gasteiger charge is 2.42. The molecular formula is C19H19F3N4O3. The average Bonchev–Trinajstić information content (AvgIpc) is 3.35. The van der Waals surface area contributed by atoms with Crippen LogP contribution in [0.4, 0.5) is 18.0 Å². The van der Waals surface area contributed by atoms with Gasteiger partial charge in [0.25, 0.3) is 5.91 Å². The summed E-state index contributed by atoms with van der Waals surface area (Å²) in [7, 11) is 0. The molecule has 2 aliphatic rings. The number of H-pyrrole nitrogens is 1. The molecule has 0 saturated carbocycles. The number of aromatic amines is 1. The summed E-state index contributed by atoms with van der Waals surface area (Å²) in [4.78, 5) is 27.9. The SMILES string of the molecule is O=C(c1cn[nH]c1C(F)(F)F)N1CCC(N2C(=O)OCC2c2ccccc2)CC1. The van der Waals surface area contributed by atoms with Gasteiger partial charge < -0.3 is 9.64 Å². The minimum Gasteiger partial charge on any atom is -0.447 e. The van der Waals surface area contributed by atoms with E-state index in [0.29, 0.717) is 12.8 Å². The molecule has 1 N–H and O–H groups in total. The molecule has 7 nitrogen and oxygen atoms in total. The van der Waals surface area contributed by atoms with Crippen LogP contribution in [-0.2, 0) is 10.9 Å². The van der Waals surface area contributed by atoms with Crippen LogP contribution in [0, 0.1) is 0 Å². The molecule has 2 saturated heterocycles. The van der Waals surface area contributed by atoms with E-state index >= 15 is 0 Å². The minimum absolute atomic E-state index is 0.148. The Labute approximate surface area is 164 Å². The predicted molar refractivity (Wildman–Crippen MR) is 94.9 cm³/mol. The van der Waals surface area contributed by atoms with E-state index in [1.807, 2.05) is 35.4 Å². The van der Waals surface area contributed by atoms with Crippen molar-refractivity contribution >= 4 is 12.0 Å². The molecular weight excluding hydrogens is 389 g/mol. The number of hydrogen-bond donors (Lipinski definition) is 1. The number of carbonyl (C=O) groups is 2. The van der Waals surface area contributed by atoms with Crippen LogP contribution in [0.25, 0.3) is 0 Å². The number of cyclic esters (lactones) is 1. The predicted octanol–water partition coefficient (Wildman–Crippen LogP) is 3.23. The van der Waals surface area contributed by atoms with Gasteiger partial charge in [0, 0.05) is 19.1 Å². The van der Waals surface area contributed by atoms with Crippen LogP contribution >= 0.6 is 0 Å². The molecule has 1 aromatic carbocycles. The second-order valence-electron chi connectivity index (χ2n) is 7.09. The van der Waals surface area contributed by atoms with E-state index in [2.05, 4.69) is 5.10 Å². The van der Waals surface area contributed by atoms with Crippen LogP contribution in [0.1, 0.15) is 40.5 Å². The van der Waals surface area contributed by atoms with Crippen molar-refractivity contribution in [1.82, 2.24) is 20.0 Å². The third-order valence-electron chi connectivity index (χ3n) is 5.39.